The third-order valence-corrected chi connectivity index (χ3v) is 2.58. The summed E-state index contributed by atoms with van der Waals surface area (Å²) in [5, 5.41) is 12.1. The van der Waals surface area contributed by atoms with Crippen molar-refractivity contribution in [3.8, 4) is 0 Å². The molecule has 0 fully saturated rings. The number of carboxylic acids is 1. The number of nitrogens with one attached hydrogen (secondary N) is 1. The number of carboxylic acid groups (broad SMARTS) is 1. The van der Waals surface area contributed by atoms with E-state index in [2.05, 4.69) is 5.32 Å². The fourth-order valence-corrected chi connectivity index (χ4v) is 1.77. The zero-order valence-electron chi connectivity index (χ0n) is 11.4. The zero-order valence-corrected chi connectivity index (χ0v) is 11.4. The Morgan fingerprint density at radius 1 is 1.56 bits per heavy atom. The van der Waals surface area contributed by atoms with Crippen LogP contribution in [0.3, 0.4) is 0 Å². The van der Waals surface area contributed by atoms with Crippen LogP contribution in [0.15, 0.2) is 10.5 Å². The maximum absolute atomic E-state index is 10.9. The van der Waals surface area contributed by atoms with Crippen LogP contribution in [0, 0.1) is 6.92 Å². The van der Waals surface area contributed by atoms with Gasteiger partial charge in [-0.3, -0.25) is 0 Å². The minimum Gasteiger partial charge on any atom is -0.478 e. The number of rotatable bonds is 7. The van der Waals surface area contributed by atoms with E-state index < -0.39 is 5.97 Å². The second kappa shape index (κ2) is 6.02. The fourth-order valence-electron chi connectivity index (χ4n) is 1.77. The molecule has 0 saturated heterocycles. The molecule has 0 saturated carbocycles. The van der Waals surface area contributed by atoms with Gasteiger partial charge < -0.3 is 19.6 Å². The lowest BCUT2D eigenvalue weighted by Crippen LogP contribution is -2.37. The van der Waals surface area contributed by atoms with Crippen molar-refractivity contribution in [2.75, 3.05) is 13.2 Å². The number of carbonyl (C=O) groups is 1. The van der Waals surface area contributed by atoms with Gasteiger partial charge in [-0.1, -0.05) is 0 Å². The predicted molar refractivity (Wildman–Crippen MR) is 67.8 cm³/mol. The molecule has 0 aromatic carbocycles. The lowest BCUT2D eigenvalue weighted by molar-refractivity contribution is -0.00920. The van der Waals surface area contributed by atoms with Crippen molar-refractivity contribution in [3.05, 3.63) is 23.2 Å². The number of hydrogen-bond acceptors (Lipinski definition) is 4. The molecule has 0 unspecified atom stereocenters. The van der Waals surface area contributed by atoms with Gasteiger partial charge in [-0.25, -0.2) is 4.79 Å². The van der Waals surface area contributed by atoms with E-state index in [0.29, 0.717) is 31.2 Å². The maximum atomic E-state index is 10.9. The largest absolute Gasteiger partial charge is 0.478 e. The highest BCUT2D eigenvalue weighted by Gasteiger charge is 2.18. The van der Waals surface area contributed by atoms with Crippen molar-refractivity contribution in [3.63, 3.8) is 0 Å². The van der Waals surface area contributed by atoms with Gasteiger partial charge in [0.05, 0.1) is 12.1 Å². The van der Waals surface area contributed by atoms with Crippen LogP contribution >= 0.6 is 0 Å². The van der Waals surface area contributed by atoms with Crippen LogP contribution in [0.4, 0.5) is 0 Å². The molecule has 0 aliphatic carbocycles. The molecule has 0 aliphatic rings. The van der Waals surface area contributed by atoms with Gasteiger partial charge in [0.25, 0.3) is 0 Å². The van der Waals surface area contributed by atoms with Crippen molar-refractivity contribution in [2.45, 2.75) is 39.8 Å². The molecule has 5 heteroatoms. The number of aromatic carboxylic acids is 1. The third-order valence-electron chi connectivity index (χ3n) is 2.58. The number of hydrogen-bond donors (Lipinski definition) is 2. The Balaban J connectivity index is 2.49. The van der Waals surface area contributed by atoms with E-state index in [1.165, 1.54) is 0 Å². The van der Waals surface area contributed by atoms with E-state index in [-0.39, 0.29) is 11.2 Å². The van der Waals surface area contributed by atoms with E-state index in [0.717, 1.165) is 0 Å². The van der Waals surface area contributed by atoms with Gasteiger partial charge in [-0.05, 0) is 33.8 Å². The quantitative estimate of drug-likeness (QED) is 0.781. The van der Waals surface area contributed by atoms with Gasteiger partial charge in [-0.2, -0.15) is 0 Å². The molecule has 0 aliphatic heterocycles. The SMILES string of the molecule is CCOC(C)(C)CNCc1cc(C(=O)O)c(C)o1. The van der Waals surface area contributed by atoms with E-state index >= 15 is 0 Å². The first-order valence-corrected chi connectivity index (χ1v) is 6.03. The van der Waals surface area contributed by atoms with Crippen LogP contribution in [0.5, 0.6) is 0 Å². The summed E-state index contributed by atoms with van der Waals surface area (Å²) < 4.78 is 10.9. The second-order valence-electron chi connectivity index (χ2n) is 4.78. The summed E-state index contributed by atoms with van der Waals surface area (Å²) >= 11 is 0. The molecule has 1 heterocycles. The first-order valence-electron chi connectivity index (χ1n) is 6.03. The Labute approximate surface area is 107 Å². The number of furan rings is 1. The van der Waals surface area contributed by atoms with Gasteiger partial charge in [0.15, 0.2) is 0 Å². The van der Waals surface area contributed by atoms with Crippen LogP contribution in [0.25, 0.3) is 0 Å². The average Bonchev–Trinajstić information content (AvgIpc) is 2.59. The topological polar surface area (TPSA) is 71.7 Å². The Hall–Kier alpha value is -1.33. The molecule has 0 spiro atoms. The molecule has 1 aromatic rings. The fraction of sp³-hybridized carbons (Fsp3) is 0.615. The van der Waals surface area contributed by atoms with Crippen LogP contribution in [0.1, 0.15) is 42.6 Å². The summed E-state index contributed by atoms with van der Waals surface area (Å²) in [6, 6.07) is 1.55. The summed E-state index contributed by atoms with van der Waals surface area (Å²) in [5.74, 6) is 0.0951. The Morgan fingerprint density at radius 3 is 2.72 bits per heavy atom. The van der Waals surface area contributed by atoms with Crippen LogP contribution in [-0.2, 0) is 11.3 Å². The van der Waals surface area contributed by atoms with E-state index in [4.69, 9.17) is 14.3 Å². The highest BCUT2D eigenvalue weighted by atomic mass is 16.5. The van der Waals surface area contributed by atoms with Crippen molar-refractivity contribution in [1.82, 2.24) is 5.32 Å². The zero-order chi connectivity index (χ0) is 13.8. The molecule has 2 N–H and O–H groups in total. The highest BCUT2D eigenvalue weighted by Crippen LogP contribution is 2.15. The Morgan fingerprint density at radius 2 is 2.22 bits per heavy atom. The summed E-state index contributed by atoms with van der Waals surface area (Å²) in [7, 11) is 0. The number of ether oxygens (including phenoxy) is 1. The average molecular weight is 255 g/mol. The molecule has 0 radical (unpaired) electrons. The van der Waals surface area contributed by atoms with Crippen LogP contribution in [0.2, 0.25) is 0 Å². The normalized spacial score (nSPS) is 11.8. The maximum Gasteiger partial charge on any atom is 0.339 e. The molecule has 0 atom stereocenters. The summed E-state index contributed by atoms with van der Waals surface area (Å²) in [6.45, 7) is 9.43. The van der Waals surface area contributed by atoms with Crippen molar-refractivity contribution in [1.29, 1.82) is 0 Å². The molecule has 102 valence electrons. The third kappa shape index (κ3) is 4.16. The predicted octanol–water partition coefficient (Wildman–Crippen LogP) is 2.19. The van der Waals surface area contributed by atoms with Gasteiger partial charge in [0, 0.05) is 13.2 Å². The van der Waals surface area contributed by atoms with Crippen molar-refractivity contribution >= 4 is 5.97 Å². The second-order valence-corrected chi connectivity index (χ2v) is 4.78. The lowest BCUT2D eigenvalue weighted by atomic mass is 10.1. The molecular formula is C13H21NO4. The van der Waals surface area contributed by atoms with Crippen molar-refractivity contribution in [2.24, 2.45) is 0 Å². The van der Waals surface area contributed by atoms with Gasteiger partial charge in [0.2, 0.25) is 0 Å². The van der Waals surface area contributed by atoms with E-state index in [9.17, 15) is 4.79 Å². The highest BCUT2D eigenvalue weighted by molar-refractivity contribution is 5.88. The molecular weight excluding hydrogens is 234 g/mol. The molecule has 1 aromatic heterocycles. The molecule has 18 heavy (non-hydrogen) atoms. The van der Waals surface area contributed by atoms with Crippen LogP contribution in [-0.4, -0.2) is 29.8 Å². The first-order chi connectivity index (χ1) is 8.35. The van der Waals surface area contributed by atoms with Gasteiger partial charge in [-0.15, -0.1) is 0 Å². The Bertz CT molecular complexity index is 409. The molecule has 1 rings (SSSR count). The van der Waals surface area contributed by atoms with Crippen LogP contribution < -0.4 is 5.32 Å². The first kappa shape index (κ1) is 14.7. The lowest BCUT2D eigenvalue weighted by Gasteiger charge is -2.24. The molecule has 0 amide bonds. The summed E-state index contributed by atoms with van der Waals surface area (Å²) in [6.07, 6.45) is 0. The van der Waals surface area contributed by atoms with E-state index in [1.54, 1.807) is 13.0 Å². The minimum absolute atomic E-state index is 0.218. The molecule has 0 bridgehead atoms. The summed E-state index contributed by atoms with van der Waals surface area (Å²) in [4.78, 5) is 10.9. The molecule has 5 nitrogen and oxygen atoms in total. The minimum atomic E-state index is -0.961. The summed E-state index contributed by atoms with van der Waals surface area (Å²) in [5.41, 5.74) is -0.0256. The number of aryl methyl sites for hydroxylation is 1. The van der Waals surface area contributed by atoms with Gasteiger partial charge >= 0.3 is 5.97 Å². The monoisotopic (exact) mass is 255 g/mol. The van der Waals surface area contributed by atoms with Crippen molar-refractivity contribution < 1.29 is 19.1 Å². The standard InChI is InChI=1S/C13H21NO4/c1-5-17-13(3,4)8-14-7-10-6-11(12(15)16)9(2)18-10/h6,14H,5,7-8H2,1-4H3,(H,15,16). The Kier molecular flexibility index (Phi) is 4.93. The van der Waals surface area contributed by atoms with Gasteiger partial charge in [0.1, 0.15) is 17.1 Å². The van der Waals surface area contributed by atoms with E-state index in [1.807, 2.05) is 20.8 Å². The smallest absolute Gasteiger partial charge is 0.339 e.